The fraction of sp³-hybridized carbons (Fsp3) is 0.231. The van der Waals surface area contributed by atoms with Crippen LogP contribution in [0, 0.1) is 6.92 Å². The fourth-order valence-electron chi connectivity index (χ4n) is 1.91. The van der Waals surface area contributed by atoms with E-state index in [0.29, 0.717) is 11.3 Å². The standard InChI is InChI=1S/C13H15N3O2/c1-8-4-5-9(13(17)18-3)6-10(8)12-11(14)7-15-16(12)2/h4-7H,14H2,1-3H3. The minimum atomic E-state index is -0.364. The van der Waals surface area contributed by atoms with Gasteiger partial charge >= 0.3 is 5.97 Å². The van der Waals surface area contributed by atoms with Gasteiger partial charge in [-0.2, -0.15) is 5.10 Å². The first-order valence-corrected chi connectivity index (χ1v) is 5.51. The van der Waals surface area contributed by atoms with Gasteiger partial charge in [-0.15, -0.1) is 0 Å². The first-order valence-electron chi connectivity index (χ1n) is 5.51. The number of hydrogen-bond donors (Lipinski definition) is 1. The quantitative estimate of drug-likeness (QED) is 0.818. The predicted octanol–water partition coefficient (Wildman–Crippen LogP) is 1.76. The van der Waals surface area contributed by atoms with Gasteiger partial charge in [-0.05, 0) is 24.6 Å². The number of carbonyl (C=O) groups is 1. The van der Waals surface area contributed by atoms with Gasteiger partial charge in [0.2, 0.25) is 0 Å². The van der Waals surface area contributed by atoms with Crippen LogP contribution in [0.5, 0.6) is 0 Å². The molecule has 0 unspecified atom stereocenters. The zero-order chi connectivity index (χ0) is 13.3. The number of methoxy groups -OCH3 is 1. The molecule has 1 aromatic carbocycles. The van der Waals surface area contributed by atoms with E-state index in [0.717, 1.165) is 16.8 Å². The normalized spacial score (nSPS) is 10.4. The summed E-state index contributed by atoms with van der Waals surface area (Å²) in [6.45, 7) is 1.96. The van der Waals surface area contributed by atoms with Crippen molar-refractivity contribution in [1.82, 2.24) is 9.78 Å². The van der Waals surface area contributed by atoms with Crippen LogP contribution >= 0.6 is 0 Å². The van der Waals surface area contributed by atoms with Crippen LogP contribution in [0.2, 0.25) is 0 Å². The van der Waals surface area contributed by atoms with Gasteiger partial charge in [0.25, 0.3) is 0 Å². The second-order valence-electron chi connectivity index (χ2n) is 4.09. The third-order valence-corrected chi connectivity index (χ3v) is 2.88. The molecule has 2 aromatic rings. The van der Waals surface area contributed by atoms with Gasteiger partial charge in [-0.3, -0.25) is 4.68 Å². The van der Waals surface area contributed by atoms with Gasteiger partial charge in [-0.1, -0.05) is 6.07 Å². The fourth-order valence-corrected chi connectivity index (χ4v) is 1.91. The van der Waals surface area contributed by atoms with Crippen molar-refractivity contribution < 1.29 is 9.53 Å². The second-order valence-corrected chi connectivity index (χ2v) is 4.09. The van der Waals surface area contributed by atoms with E-state index in [1.165, 1.54) is 7.11 Å². The number of carbonyl (C=O) groups excluding carboxylic acids is 1. The van der Waals surface area contributed by atoms with Crippen molar-refractivity contribution >= 4 is 11.7 Å². The molecular formula is C13H15N3O2. The maximum atomic E-state index is 11.5. The smallest absolute Gasteiger partial charge is 0.337 e. The molecule has 94 valence electrons. The molecule has 0 saturated carbocycles. The van der Waals surface area contributed by atoms with Crippen LogP contribution in [-0.2, 0) is 11.8 Å². The molecule has 0 aliphatic heterocycles. The number of rotatable bonds is 2. The molecule has 0 bridgehead atoms. The molecule has 1 heterocycles. The van der Waals surface area contributed by atoms with Gasteiger partial charge in [0.15, 0.2) is 0 Å². The van der Waals surface area contributed by atoms with Crippen molar-refractivity contribution in [3.63, 3.8) is 0 Å². The number of anilines is 1. The van der Waals surface area contributed by atoms with E-state index in [1.807, 2.05) is 20.0 Å². The summed E-state index contributed by atoms with van der Waals surface area (Å²) in [5, 5.41) is 4.10. The molecule has 2 rings (SSSR count). The Morgan fingerprint density at radius 3 is 2.72 bits per heavy atom. The van der Waals surface area contributed by atoms with Crippen molar-refractivity contribution in [2.75, 3.05) is 12.8 Å². The molecule has 5 nitrogen and oxygen atoms in total. The lowest BCUT2D eigenvalue weighted by Crippen LogP contribution is -2.03. The molecular weight excluding hydrogens is 230 g/mol. The third-order valence-electron chi connectivity index (χ3n) is 2.88. The molecule has 18 heavy (non-hydrogen) atoms. The molecule has 0 aliphatic carbocycles. The zero-order valence-electron chi connectivity index (χ0n) is 10.6. The number of aryl methyl sites for hydroxylation is 2. The summed E-state index contributed by atoms with van der Waals surface area (Å²) >= 11 is 0. The molecule has 0 amide bonds. The minimum Gasteiger partial charge on any atom is -0.465 e. The van der Waals surface area contributed by atoms with E-state index in [-0.39, 0.29) is 5.97 Å². The summed E-state index contributed by atoms with van der Waals surface area (Å²) in [4.78, 5) is 11.5. The van der Waals surface area contributed by atoms with Crippen LogP contribution in [0.15, 0.2) is 24.4 Å². The Morgan fingerprint density at radius 1 is 1.44 bits per heavy atom. The number of nitrogens with zero attached hydrogens (tertiary/aromatic N) is 2. The molecule has 0 radical (unpaired) electrons. The highest BCUT2D eigenvalue weighted by Crippen LogP contribution is 2.29. The van der Waals surface area contributed by atoms with Crippen molar-refractivity contribution in [2.45, 2.75) is 6.92 Å². The van der Waals surface area contributed by atoms with E-state index in [9.17, 15) is 4.79 Å². The lowest BCUT2D eigenvalue weighted by atomic mass is 10.0. The summed E-state index contributed by atoms with van der Waals surface area (Å²) < 4.78 is 6.41. The Morgan fingerprint density at radius 2 is 2.17 bits per heavy atom. The van der Waals surface area contributed by atoms with E-state index < -0.39 is 0 Å². The summed E-state index contributed by atoms with van der Waals surface area (Å²) in [7, 11) is 3.18. The van der Waals surface area contributed by atoms with Gasteiger partial charge in [0, 0.05) is 12.6 Å². The Bertz CT molecular complexity index is 583. The largest absolute Gasteiger partial charge is 0.465 e. The molecule has 0 fully saturated rings. The monoisotopic (exact) mass is 245 g/mol. The average molecular weight is 245 g/mol. The molecule has 1 aromatic heterocycles. The summed E-state index contributed by atoms with van der Waals surface area (Å²) in [5.74, 6) is -0.364. The minimum absolute atomic E-state index is 0.364. The Labute approximate surface area is 105 Å². The highest BCUT2D eigenvalue weighted by Gasteiger charge is 2.14. The highest BCUT2D eigenvalue weighted by atomic mass is 16.5. The first kappa shape index (κ1) is 12.2. The average Bonchev–Trinajstić information content (AvgIpc) is 2.69. The van der Waals surface area contributed by atoms with Crippen LogP contribution in [-0.4, -0.2) is 22.9 Å². The van der Waals surface area contributed by atoms with Crippen molar-refractivity contribution in [1.29, 1.82) is 0 Å². The van der Waals surface area contributed by atoms with Crippen molar-refractivity contribution in [3.8, 4) is 11.3 Å². The number of nitrogens with two attached hydrogens (primary N) is 1. The number of nitrogen functional groups attached to an aromatic ring is 1. The summed E-state index contributed by atoms with van der Waals surface area (Å²) in [6, 6.07) is 5.37. The van der Waals surface area contributed by atoms with E-state index in [2.05, 4.69) is 5.10 Å². The van der Waals surface area contributed by atoms with Crippen LogP contribution < -0.4 is 5.73 Å². The van der Waals surface area contributed by atoms with Crippen LogP contribution in [0.3, 0.4) is 0 Å². The molecule has 0 aliphatic rings. The summed E-state index contributed by atoms with van der Waals surface area (Å²) in [5.41, 5.74) is 9.70. The second kappa shape index (κ2) is 4.52. The molecule has 0 spiro atoms. The zero-order valence-corrected chi connectivity index (χ0v) is 10.6. The van der Waals surface area contributed by atoms with E-state index in [4.69, 9.17) is 10.5 Å². The highest BCUT2D eigenvalue weighted by molar-refractivity contribution is 5.92. The van der Waals surface area contributed by atoms with Gasteiger partial charge < -0.3 is 10.5 Å². The Balaban J connectivity index is 2.60. The Kier molecular flexibility index (Phi) is 3.06. The van der Waals surface area contributed by atoms with Crippen LogP contribution in [0.4, 0.5) is 5.69 Å². The maximum Gasteiger partial charge on any atom is 0.337 e. The molecule has 2 N–H and O–H groups in total. The predicted molar refractivity (Wildman–Crippen MR) is 69.1 cm³/mol. The lowest BCUT2D eigenvalue weighted by Gasteiger charge is -2.09. The van der Waals surface area contributed by atoms with E-state index >= 15 is 0 Å². The van der Waals surface area contributed by atoms with Crippen molar-refractivity contribution in [2.24, 2.45) is 7.05 Å². The van der Waals surface area contributed by atoms with Gasteiger partial charge in [0.05, 0.1) is 30.3 Å². The number of aromatic nitrogens is 2. The molecule has 0 saturated heterocycles. The number of benzene rings is 1. The molecule has 5 heteroatoms. The lowest BCUT2D eigenvalue weighted by molar-refractivity contribution is 0.0601. The third kappa shape index (κ3) is 1.95. The number of esters is 1. The van der Waals surface area contributed by atoms with Crippen LogP contribution in [0.25, 0.3) is 11.3 Å². The van der Waals surface area contributed by atoms with Crippen molar-refractivity contribution in [3.05, 3.63) is 35.5 Å². The number of ether oxygens (including phenoxy) is 1. The maximum absolute atomic E-state index is 11.5. The summed E-state index contributed by atoms with van der Waals surface area (Å²) in [6.07, 6.45) is 1.60. The van der Waals surface area contributed by atoms with Crippen LogP contribution in [0.1, 0.15) is 15.9 Å². The first-order chi connectivity index (χ1) is 8.54. The van der Waals surface area contributed by atoms with E-state index in [1.54, 1.807) is 23.0 Å². The van der Waals surface area contributed by atoms with Gasteiger partial charge in [0.1, 0.15) is 0 Å². The SMILES string of the molecule is COC(=O)c1ccc(C)c(-c2c(N)cnn2C)c1. The topological polar surface area (TPSA) is 70.1 Å². The van der Waals surface area contributed by atoms with Gasteiger partial charge in [-0.25, -0.2) is 4.79 Å². The molecule has 0 atom stereocenters. The Hall–Kier alpha value is -2.30. The number of hydrogen-bond acceptors (Lipinski definition) is 4.